The quantitative estimate of drug-likeness (QED) is 0.112. The van der Waals surface area contributed by atoms with E-state index in [0.717, 1.165) is 32.2 Å². The lowest BCUT2D eigenvalue weighted by atomic mass is 9.85. The number of aliphatic carboxylic acids is 1. The van der Waals surface area contributed by atoms with E-state index in [1.165, 1.54) is 16.7 Å². The van der Waals surface area contributed by atoms with Crippen LogP contribution in [0.15, 0.2) is 72.2 Å². The fourth-order valence-electron chi connectivity index (χ4n) is 9.50. The number of hydrogen-bond acceptors (Lipinski definition) is 11. The molecule has 0 aliphatic carbocycles. The van der Waals surface area contributed by atoms with Crippen molar-refractivity contribution < 1.29 is 48.5 Å². The largest absolute Gasteiger partial charge is 0.496 e. The van der Waals surface area contributed by atoms with Crippen LogP contribution < -0.4 is 20.1 Å². The maximum absolute atomic E-state index is 14.8. The molecule has 3 aromatic carbocycles. The van der Waals surface area contributed by atoms with Crippen LogP contribution in [0.2, 0.25) is 0 Å². The number of nitrogens with one attached hydrogen (secondary N) is 2. The summed E-state index contributed by atoms with van der Waals surface area (Å²) in [5, 5.41) is 26.6. The number of carbonyl (C=O) groups excluding carboxylic acids is 5. The van der Waals surface area contributed by atoms with E-state index in [0.29, 0.717) is 29.0 Å². The van der Waals surface area contributed by atoms with E-state index in [1.807, 2.05) is 76.2 Å². The van der Waals surface area contributed by atoms with Crippen molar-refractivity contribution in [1.82, 2.24) is 30.3 Å². The molecular formula is C51H62N6O10S. The van der Waals surface area contributed by atoms with Crippen molar-refractivity contribution in [2.24, 2.45) is 11.3 Å². The highest BCUT2D eigenvalue weighted by atomic mass is 32.1. The third-order valence-corrected chi connectivity index (χ3v) is 14.0. The number of hydrogen-bond donors (Lipinski definition) is 4. The summed E-state index contributed by atoms with van der Waals surface area (Å²) in [7, 11) is 1.57. The van der Waals surface area contributed by atoms with E-state index in [2.05, 4.69) is 15.6 Å². The van der Waals surface area contributed by atoms with Gasteiger partial charge in [-0.3, -0.25) is 24.0 Å². The summed E-state index contributed by atoms with van der Waals surface area (Å²) >= 11 is 1.55. The van der Waals surface area contributed by atoms with E-state index in [4.69, 9.17) is 9.47 Å². The molecule has 4 heterocycles. The molecule has 17 heteroatoms. The van der Waals surface area contributed by atoms with Crippen LogP contribution in [0.1, 0.15) is 93.5 Å². The number of aliphatic hydroxyl groups is 1. The molecule has 0 radical (unpaired) electrons. The molecule has 3 aliphatic rings. The van der Waals surface area contributed by atoms with Crippen molar-refractivity contribution in [1.29, 1.82) is 0 Å². The van der Waals surface area contributed by atoms with Crippen LogP contribution in [0, 0.1) is 18.3 Å². The van der Waals surface area contributed by atoms with Crippen molar-refractivity contribution in [3.8, 4) is 21.9 Å². The van der Waals surface area contributed by atoms with Gasteiger partial charge in [-0.25, -0.2) is 9.78 Å². The van der Waals surface area contributed by atoms with E-state index < -0.39 is 70.9 Å². The zero-order valence-corrected chi connectivity index (χ0v) is 40.7. The number of β-amino-alcohol motifs (C(OH)–C–C–N with tert-alkyl or cyclic N) is 1. The number of amides is 5. The predicted octanol–water partition coefficient (Wildman–Crippen LogP) is 5.37. The van der Waals surface area contributed by atoms with Gasteiger partial charge in [0.25, 0.3) is 5.91 Å². The lowest BCUT2D eigenvalue weighted by Crippen LogP contribution is -2.57. The van der Waals surface area contributed by atoms with Gasteiger partial charge in [-0.1, -0.05) is 83.1 Å². The van der Waals surface area contributed by atoms with Crippen LogP contribution in [-0.4, -0.2) is 121 Å². The summed E-state index contributed by atoms with van der Waals surface area (Å²) in [5.74, 6) is -2.77. The second kappa shape index (κ2) is 20.1. The van der Waals surface area contributed by atoms with Crippen molar-refractivity contribution in [3.05, 3.63) is 100 Å². The Labute approximate surface area is 401 Å². The number of aryl methyl sites for hydroxylation is 2. The van der Waals surface area contributed by atoms with Crippen LogP contribution in [0.4, 0.5) is 0 Å². The van der Waals surface area contributed by atoms with E-state index in [-0.39, 0.29) is 57.3 Å². The predicted molar refractivity (Wildman–Crippen MR) is 255 cm³/mol. The highest BCUT2D eigenvalue weighted by Crippen LogP contribution is 2.36. The Bertz CT molecular complexity index is 2550. The number of ether oxygens (including phenoxy) is 2. The Morgan fingerprint density at radius 2 is 1.71 bits per heavy atom. The maximum Gasteiger partial charge on any atom is 0.326 e. The molecule has 2 fully saturated rings. The summed E-state index contributed by atoms with van der Waals surface area (Å²) in [5.41, 5.74) is 4.28. The molecule has 3 aliphatic heterocycles. The minimum atomic E-state index is -1.39. The van der Waals surface area contributed by atoms with E-state index in [9.17, 15) is 39.0 Å². The Morgan fingerprint density at radius 1 is 0.985 bits per heavy atom. The first-order valence-electron chi connectivity index (χ1n) is 23.0. The molecule has 4 aromatic rings. The monoisotopic (exact) mass is 950 g/mol. The molecule has 7 rings (SSSR count). The SMILES string of the molecule is COc1ccccc1CCC(=O)N[C@H](C(=O)N1C[C@H](Oc2ccc3c(c2)C(=O)N([C@H](C(=O)N2C[C@](C)(O)C[C@H]2C(=O)O)C(C)C)C3)C[C@H]1C(=O)NCc1ccc(-c2scnc2C)cc1)C(C)(C)C. The van der Waals surface area contributed by atoms with Gasteiger partial charge in [0.15, 0.2) is 0 Å². The Hall–Kier alpha value is -6.33. The van der Waals surface area contributed by atoms with Gasteiger partial charge in [-0.2, -0.15) is 0 Å². The van der Waals surface area contributed by atoms with Crippen LogP contribution in [0.5, 0.6) is 11.5 Å². The molecule has 1 aromatic heterocycles. The zero-order valence-electron chi connectivity index (χ0n) is 39.9. The lowest BCUT2D eigenvalue weighted by molar-refractivity contribution is -0.150. The molecule has 5 amide bonds. The van der Waals surface area contributed by atoms with Gasteiger partial charge in [-0.15, -0.1) is 11.3 Å². The van der Waals surface area contributed by atoms with Gasteiger partial charge in [0, 0.05) is 37.9 Å². The number of thiazole rings is 1. The van der Waals surface area contributed by atoms with Crippen LogP contribution in [0.25, 0.3) is 10.4 Å². The number of methoxy groups -OCH3 is 1. The highest BCUT2D eigenvalue weighted by Gasteiger charge is 2.50. The molecule has 68 heavy (non-hydrogen) atoms. The molecular weight excluding hydrogens is 889 g/mol. The third-order valence-electron chi connectivity index (χ3n) is 13.0. The van der Waals surface area contributed by atoms with Gasteiger partial charge in [0.1, 0.15) is 41.8 Å². The normalized spacial score (nSPS) is 21.1. The van der Waals surface area contributed by atoms with Gasteiger partial charge in [0.05, 0.1) is 41.9 Å². The standard InChI is InChI=1S/C51H62N6O10S/c1-29(2)42(47(61)57-27-51(7,65)23-39(57)49(63)64)56-25-34-17-19-35(21-37(34)46(56)60)67-36-22-38(45(59)52-24-31-13-15-33(16-14-31)43-30(3)53-28-68-43)55(26-36)48(62)44(50(4,5)6)54-41(58)20-18-32-11-9-10-12-40(32)66-8/h9-17,19,21,28-29,36,38-39,42,44,65H,18,20,22-27H2,1-8H3,(H,52,59)(H,54,58)(H,63,64)/t36-,38+,39+,42+,44-,51-/m1/s1. The van der Waals surface area contributed by atoms with Crippen LogP contribution >= 0.6 is 11.3 Å². The summed E-state index contributed by atoms with van der Waals surface area (Å²) < 4.78 is 12.0. The minimum absolute atomic E-state index is 0.00885. The average molecular weight is 951 g/mol. The van der Waals surface area contributed by atoms with Crippen LogP contribution in [-0.2, 0) is 43.5 Å². The smallest absolute Gasteiger partial charge is 0.326 e. The third kappa shape index (κ3) is 10.8. The number of rotatable bonds is 16. The highest BCUT2D eigenvalue weighted by molar-refractivity contribution is 7.13. The Morgan fingerprint density at radius 3 is 2.35 bits per heavy atom. The summed E-state index contributed by atoms with van der Waals surface area (Å²) in [6.07, 6.45) is -0.214. The number of carboxylic acid groups (broad SMARTS) is 1. The van der Waals surface area contributed by atoms with Crippen molar-refractivity contribution >= 4 is 46.8 Å². The maximum atomic E-state index is 14.8. The molecule has 6 atom stereocenters. The molecule has 0 spiro atoms. The molecule has 362 valence electrons. The molecule has 0 unspecified atom stereocenters. The number of nitrogens with zero attached hydrogens (tertiary/aromatic N) is 4. The zero-order chi connectivity index (χ0) is 49.2. The second-order valence-electron chi connectivity index (χ2n) is 19.8. The number of benzene rings is 3. The fourth-order valence-corrected chi connectivity index (χ4v) is 10.3. The number of carboxylic acids is 1. The van der Waals surface area contributed by atoms with Gasteiger partial charge in [-0.05, 0) is 72.1 Å². The van der Waals surface area contributed by atoms with E-state index in [1.54, 1.807) is 56.0 Å². The fraction of sp³-hybridized carbons (Fsp3) is 0.471. The van der Waals surface area contributed by atoms with E-state index >= 15 is 0 Å². The molecule has 16 nitrogen and oxygen atoms in total. The van der Waals surface area contributed by atoms with Gasteiger partial charge in [0.2, 0.25) is 23.6 Å². The van der Waals surface area contributed by atoms with Crippen LogP contribution in [0.3, 0.4) is 0 Å². The number of fused-ring (bicyclic) bond motifs is 1. The topological polar surface area (TPSA) is 208 Å². The minimum Gasteiger partial charge on any atom is -0.496 e. The average Bonchev–Trinajstić information content (AvgIpc) is 4.08. The van der Waals surface area contributed by atoms with Crippen molar-refractivity contribution in [3.63, 3.8) is 0 Å². The molecule has 2 saturated heterocycles. The lowest BCUT2D eigenvalue weighted by Gasteiger charge is -2.35. The number of likely N-dealkylation sites (tertiary alicyclic amines) is 2. The Kier molecular flexibility index (Phi) is 14.7. The Balaban J connectivity index is 1.09. The first-order valence-corrected chi connectivity index (χ1v) is 23.9. The molecule has 0 saturated carbocycles. The molecule has 0 bridgehead atoms. The number of aromatic nitrogens is 1. The number of carbonyl (C=O) groups is 6. The number of para-hydroxylation sites is 1. The summed E-state index contributed by atoms with van der Waals surface area (Å²) in [6.45, 7) is 12.7. The van der Waals surface area contributed by atoms with Crippen molar-refractivity contribution in [2.45, 2.75) is 123 Å². The summed E-state index contributed by atoms with van der Waals surface area (Å²) in [6, 6.07) is 16.1. The first-order chi connectivity index (χ1) is 32.1. The molecule has 4 N–H and O–H groups in total. The second-order valence-corrected chi connectivity index (χ2v) is 20.7. The first kappa shape index (κ1) is 49.6. The summed E-state index contributed by atoms with van der Waals surface area (Å²) in [4.78, 5) is 92.5. The van der Waals surface area contributed by atoms with Gasteiger partial charge < -0.3 is 45.0 Å². The van der Waals surface area contributed by atoms with Crippen molar-refractivity contribution in [2.75, 3.05) is 20.2 Å². The van der Waals surface area contributed by atoms with Gasteiger partial charge >= 0.3 is 5.97 Å².